The molecule has 1 rings (SSSR count). The summed E-state index contributed by atoms with van der Waals surface area (Å²) in [6.07, 6.45) is 6.13. The van der Waals surface area contributed by atoms with E-state index in [2.05, 4.69) is 17.6 Å². The van der Waals surface area contributed by atoms with Gasteiger partial charge in [-0.3, -0.25) is 4.79 Å². The van der Waals surface area contributed by atoms with Gasteiger partial charge in [-0.25, -0.2) is 4.79 Å². The van der Waals surface area contributed by atoms with E-state index < -0.39 is 5.97 Å². The summed E-state index contributed by atoms with van der Waals surface area (Å²) in [7, 11) is 0. The van der Waals surface area contributed by atoms with Gasteiger partial charge in [-0.05, 0) is 38.4 Å². The SMILES string of the molecule is CC1(CNC(=O)NCCCCCCC(=O)O)CCCS1. The molecule has 1 heterocycles. The molecule has 0 saturated carbocycles. The number of aliphatic carboxylic acids is 1. The van der Waals surface area contributed by atoms with Crippen molar-refractivity contribution >= 4 is 23.8 Å². The summed E-state index contributed by atoms with van der Waals surface area (Å²) in [6, 6.07) is -0.0933. The summed E-state index contributed by atoms with van der Waals surface area (Å²) in [5.74, 6) is 0.455. The van der Waals surface area contributed by atoms with E-state index in [0.717, 1.165) is 32.2 Å². The molecule has 1 aliphatic heterocycles. The molecule has 0 aromatic rings. The van der Waals surface area contributed by atoms with Gasteiger partial charge in [0.1, 0.15) is 0 Å². The van der Waals surface area contributed by atoms with E-state index in [1.165, 1.54) is 18.6 Å². The van der Waals surface area contributed by atoms with Crippen molar-refractivity contribution in [3.8, 4) is 0 Å². The first-order chi connectivity index (χ1) is 9.52. The Hall–Kier alpha value is -0.910. The second-order valence-corrected chi connectivity index (χ2v) is 7.25. The predicted molar refractivity (Wildman–Crippen MR) is 82.2 cm³/mol. The fourth-order valence-corrected chi connectivity index (χ4v) is 3.51. The van der Waals surface area contributed by atoms with Gasteiger partial charge < -0.3 is 15.7 Å². The number of rotatable bonds is 9. The zero-order valence-corrected chi connectivity index (χ0v) is 13.1. The van der Waals surface area contributed by atoms with Crippen molar-refractivity contribution in [1.82, 2.24) is 10.6 Å². The standard InChI is InChI=1S/C14H26N2O3S/c1-14(8-6-10-20-14)11-16-13(19)15-9-5-3-2-4-7-12(17)18/h2-11H2,1H3,(H,17,18)(H2,15,16,19). The van der Waals surface area contributed by atoms with Crippen molar-refractivity contribution in [2.75, 3.05) is 18.8 Å². The Kier molecular flexibility index (Phi) is 7.80. The Bertz CT molecular complexity index is 318. The van der Waals surface area contributed by atoms with Gasteiger partial charge in [-0.15, -0.1) is 0 Å². The maximum Gasteiger partial charge on any atom is 0.314 e. The van der Waals surface area contributed by atoms with E-state index in [1.807, 2.05) is 11.8 Å². The molecule has 0 radical (unpaired) electrons. The van der Waals surface area contributed by atoms with E-state index >= 15 is 0 Å². The van der Waals surface area contributed by atoms with Crippen LogP contribution < -0.4 is 10.6 Å². The Morgan fingerprint density at radius 3 is 2.60 bits per heavy atom. The lowest BCUT2D eigenvalue weighted by atomic mass is 10.1. The molecule has 0 aliphatic carbocycles. The van der Waals surface area contributed by atoms with Gasteiger partial charge in [0.2, 0.25) is 0 Å². The number of unbranched alkanes of at least 4 members (excludes halogenated alkanes) is 3. The van der Waals surface area contributed by atoms with Crippen LogP contribution in [0.5, 0.6) is 0 Å². The zero-order valence-electron chi connectivity index (χ0n) is 12.2. The molecule has 3 N–H and O–H groups in total. The van der Waals surface area contributed by atoms with E-state index in [9.17, 15) is 9.59 Å². The van der Waals surface area contributed by atoms with Crippen LogP contribution in [0.15, 0.2) is 0 Å². The van der Waals surface area contributed by atoms with Gasteiger partial charge in [0.05, 0.1) is 0 Å². The highest BCUT2D eigenvalue weighted by Crippen LogP contribution is 2.36. The van der Waals surface area contributed by atoms with Crippen molar-refractivity contribution in [3.05, 3.63) is 0 Å². The third kappa shape index (κ3) is 7.62. The quantitative estimate of drug-likeness (QED) is 0.572. The first-order valence-corrected chi connectivity index (χ1v) is 8.38. The topological polar surface area (TPSA) is 78.4 Å². The van der Waals surface area contributed by atoms with E-state index in [1.54, 1.807) is 0 Å². The average Bonchev–Trinajstić information content (AvgIpc) is 2.82. The maximum atomic E-state index is 11.6. The molecular weight excluding hydrogens is 276 g/mol. The van der Waals surface area contributed by atoms with Crippen LogP contribution in [-0.4, -0.2) is 40.7 Å². The largest absolute Gasteiger partial charge is 0.481 e. The van der Waals surface area contributed by atoms with Crippen LogP contribution >= 0.6 is 11.8 Å². The molecule has 1 aliphatic rings. The van der Waals surface area contributed by atoms with Gasteiger partial charge >= 0.3 is 12.0 Å². The molecule has 6 heteroatoms. The highest BCUT2D eigenvalue weighted by Gasteiger charge is 2.29. The zero-order chi connectivity index (χ0) is 14.8. The number of carboxylic acid groups (broad SMARTS) is 1. The first-order valence-electron chi connectivity index (χ1n) is 7.39. The Labute approximate surface area is 125 Å². The number of carbonyl (C=O) groups excluding carboxylic acids is 1. The predicted octanol–water partition coefficient (Wildman–Crippen LogP) is 2.61. The smallest absolute Gasteiger partial charge is 0.314 e. The van der Waals surface area contributed by atoms with Crippen LogP contribution in [0.2, 0.25) is 0 Å². The minimum absolute atomic E-state index is 0.0933. The fourth-order valence-electron chi connectivity index (χ4n) is 2.26. The first kappa shape index (κ1) is 17.1. The van der Waals surface area contributed by atoms with Crippen LogP contribution in [0.3, 0.4) is 0 Å². The fraction of sp³-hybridized carbons (Fsp3) is 0.857. The lowest BCUT2D eigenvalue weighted by molar-refractivity contribution is -0.137. The lowest BCUT2D eigenvalue weighted by Crippen LogP contribution is -2.42. The summed E-state index contributed by atoms with van der Waals surface area (Å²) in [5, 5.41) is 14.3. The van der Waals surface area contributed by atoms with Crippen molar-refractivity contribution in [1.29, 1.82) is 0 Å². The minimum atomic E-state index is -0.735. The van der Waals surface area contributed by atoms with Crippen LogP contribution in [0.4, 0.5) is 4.79 Å². The molecule has 1 atom stereocenters. The highest BCUT2D eigenvalue weighted by atomic mass is 32.2. The molecule has 1 fully saturated rings. The molecule has 116 valence electrons. The normalized spacial score (nSPS) is 21.6. The Morgan fingerprint density at radius 1 is 1.20 bits per heavy atom. The van der Waals surface area contributed by atoms with Crippen molar-refractivity contribution in [3.63, 3.8) is 0 Å². The second kappa shape index (κ2) is 9.10. The second-order valence-electron chi connectivity index (χ2n) is 5.57. The molecule has 0 aromatic carbocycles. The molecule has 1 unspecified atom stereocenters. The number of carboxylic acids is 1. The molecule has 0 bridgehead atoms. The van der Waals surface area contributed by atoms with E-state index in [4.69, 9.17) is 5.11 Å². The Morgan fingerprint density at radius 2 is 1.95 bits per heavy atom. The lowest BCUT2D eigenvalue weighted by Gasteiger charge is -2.22. The third-order valence-corrected chi connectivity index (χ3v) is 5.06. The van der Waals surface area contributed by atoms with Crippen LogP contribution in [-0.2, 0) is 4.79 Å². The molecule has 0 spiro atoms. The summed E-state index contributed by atoms with van der Waals surface area (Å²) in [6.45, 7) is 3.58. The highest BCUT2D eigenvalue weighted by molar-refractivity contribution is 8.00. The number of hydrogen-bond acceptors (Lipinski definition) is 3. The van der Waals surface area contributed by atoms with Crippen molar-refractivity contribution in [2.45, 2.75) is 56.6 Å². The monoisotopic (exact) mass is 302 g/mol. The number of urea groups is 1. The molecule has 0 aromatic heterocycles. The molecular formula is C14H26N2O3S. The Balaban J connectivity index is 1.93. The summed E-state index contributed by atoms with van der Waals surface area (Å²) in [5.41, 5.74) is 0. The molecule has 5 nitrogen and oxygen atoms in total. The van der Waals surface area contributed by atoms with Gasteiger partial charge in [-0.1, -0.05) is 12.8 Å². The summed E-state index contributed by atoms with van der Waals surface area (Å²) < 4.78 is 0.203. The van der Waals surface area contributed by atoms with Crippen LogP contribution in [0.1, 0.15) is 51.9 Å². The van der Waals surface area contributed by atoms with E-state index in [0.29, 0.717) is 6.54 Å². The van der Waals surface area contributed by atoms with Crippen LogP contribution in [0, 0.1) is 0 Å². The third-order valence-electron chi connectivity index (χ3n) is 3.53. The van der Waals surface area contributed by atoms with Gasteiger partial charge in [0, 0.05) is 24.3 Å². The van der Waals surface area contributed by atoms with Crippen LogP contribution in [0.25, 0.3) is 0 Å². The minimum Gasteiger partial charge on any atom is -0.481 e. The number of nitrogens with one attached hydrogen (secondary N) is 2. The number of thioether (sulfide) groups is 1. The average molecular weight is 302 g/mol. The number of amides is 2. The summed E-state index contributed by atoms with van der Waals surface area (Å²) in [4.78, 5) is 21.9. The molecule has 2 amide bonds. The molecule has 20 heavy (non-hydrogen) atoms. The van der Waals surface area contributed by atoms with Gasteiger partial charge in [-0.2, -0.15) is 11.8 Å². The molecule has 1 saturated heterocycles. The van der Waals surface area contributed by atoms with Crippen molar-refractivity contribution < 1.29 is 14.7 Å². The summed E-state index contributed by atoms with van der Waals surface area (Å²) >= 11 is 1.94. The maximum absolute atomic E-state index is 11.6. The van der Waals surface area contributed by atoms with Gasteiger partial charge in [0.15, 0.2) is 0 Å². The van der Waals surface area contributed by atoms with Gasteiger partial charge in [0.25, 0.3) is 0 Å². The van der Waals surface area contributed by atoms with Crippen molar-refractivity contribution in [2.24, 2.45) is 0 Å². The number of hydrogen-bond donors (Lipinski definition) is 3. The van der Waals surface area contributed by atoms with E-state index in [-0.39, 0.29) is 17.2 Å². The number of carbonyl (C=O) groups is 2.